The smallest absolute Gasteiger partial charge is 0.143 e. The summed E-state index contributed by atoms with van der Waals surface area (Å²) >= 11 is 0. The van der Waals surface area contributed by atoms with Gasteiger partial charge < -0.3 is 9.32 Å². The topological polar surface area (TPSA) is 16.4 Å². The first-order valence-electron chi connectivity index (χ1n) is 14.6. The lowest BCUT2D eigenvalue weighted by Gasteiger charge is -2.26. The van der Waals surface area contributed by atoms with Gasteiger partial charge in [0.1, 0.15) is 11.3 Å². The van der Waals surface area contributed by atoms with Crippen LogP contribution < -0.4 is 4.90 Å². The fourth-order valence-electron chi connectivity index (χ4n) is 5.79. The summed E-state index contributed by atoms with van der Waals surface area (Å²) in [5.41, 5.74) is 15.2. The predicted molar refractivity (Wildman–Crippen MR) is 182 cm³/mol. The molecule has 4 aromatic carbocycles. The molecule has 0 amide bonds. The van der Waals surface area contributed by atoms with Gasteiger partial charge in [-0.2, -0.15) is 0 Å². The maximum Gasteiger partial charge on any atom is 0.143 e. The molecule has 43 heavy (non-hydrogen) atoms. The number of rotatable bonds is 6. The van der Waals surface area contributed by atoms with Crippen LogP contribution in [-0.4, -0.2) is 0 Å². The van der Waals surface area contributed by atoms with Crippen molar-refractivity contribution >= 4 is 40.1 Å². The number of hydrogen-bond acceptors (Lipinski definition) is 2. The molecule has 0 unspecified atom stereocenters. The average Bonchev–Trinajstić information content (AvgIpc) is 3.64. The molecule has 0 spiro atoms. The second-order valence-corrected chi connectivity index (χ2v) is 10.8. The molecule has 0 saturated heterocycles. The minimum Gasteiger partial charge on any atom is -0.455 e. The molecule has 1 aliphatic heterocycles. The van der Waals surface area contributed by atoms with E-state index in [1.54, 1.807) is 0 Å². The first-order chi connectivity index (χ1) is 21.2. The molecule has 0 atom stereocenters. The van der Waals surface area contributed by atoms with Gasteiger partial charge in [-0.1, -0.05) is 97.6 Å². The van der Waals surface area contributed by atoms with Gasteiger partial charge in [-0.3, -0.25) is 0 Å². The second-order valence-electron chi connectivity index (χ2n) is 10.8. The van der Waals surface area contributed by atoms with Crippen molar-refractivity contribution in [1.29, 1.82) is 0 Å². The molecule has 0 N–H and O–H groups in total. The Morgan fingerprint density at radius 3 is 2.51 bits per heavy atom. The lowest BCUT2D eigenvalue weighted by atomic mass is 9.94. The van der Waals surface area contributed by atoms with Crippen molar-refractivity contribution in [2.75, 3.05) is 4.90 Å². The molecule has 5 aromatic rings. The van der Waals surface area contributed by atoms with Crippen LogP contribution in [-0.2, 0) is 6.42 Å². The van der Waals surface area contributed by atoms with Crippen LogP contribution in [0.25, 0.3) is 39.8 Å². The third kappa shape index (κ3) is 5.17. The number of para-hydroxylation sites is 1. The molecular formula is C41H31NO. The zero-order valence-corrected chi connectivity index (χ0v) is 24.1. The van der Waals surface area contributed by atoms with Gasteiger partial charge in [0.05, 0.1) is 5.69 Å². The molecule has 2 heterocycles. The van der Waals surface area contributed by atoms with Crippen molar-refractivity contribution in [1.82, 2.24) is 0 Å². The summed E-state index contributed by atoms with van der Waals surface area (Å²) in [4.78, 5) is 2.25. The standard InChI is InChI=1S/C41H31NO/c1-3-4-6-11-31-24-25-42(34-21-18-32(19-22-34)27-30-12-7-5-8-13-30)39-23-20-33(28-38(39)29(2)26-31)35-14-9-16-37-36-15-10-17-40(36)43-41(35)37/h3-9,11-26,28H,2,27H2,1H3/b4-3-,11-6-,25-24-,31-26-. The molecule has 1 aromatic heterocycles. The van der Waals surface area contributed by atoms with E-state index >= 15 is 0 Å². The summed E-state index contributed by atoms with van der Waals surface area (Å²) in [5, 5.41) is 1.11. The second kappa shape index (κ2) is 11.4. The zero-order valence-electron chi connectivity index (χ0n) is 24.1. The Labute approximate surface area is 252 Å². The maximum atomic E-state index is 6.31. The van der Waals surface area contributed by atoms with E-state index in [9.17, 15) is 0 Å². The SMILES string of the molecule is C=C1/C=C(/C=C\C=C/C)\C=C/N(c2ccc(Cc3ccccc3)cc2)c2ccc(-c3cccc4c5c(oc34)C=C=C5)cc21. The Morgan fingerprint density at radius 2 is 1.67 bits per heavy atom. The quantitative estimate of drug-likeness (QED) is 0.151. The number of nitrogens with zero attached hydrogens (tertiary/aromatic N) is 1. The van der Waals surface area contributed by atoms with Crippen LogP contribution in [0.5, 0.6) is 0 Å². The monoisotopic (exact) mass is 553 g/mol. The number of furan rings is 1. The predicted octanol–water partition coefficient (Wildman–Crippen LogP) is 11.1. The fourth-order valence-corrected chi connectivity index (χ4v) is 5.79. The van der Waals surface area contributed by atoms with Crippen molar-refractivity contribution in [3.8, 4) is 11.1 Å². The highest BCUT2D eigenvalue weighted by atomic mass is 16.3. The van der Waals surface area contributed by atoms with Crippen LogP contribution in [0.15, 0.2) is 156 Å². The van der Waals surface area contributed by atoms with E-state index in [0.717, 1.165) is 67.9 Å². The van der Waals surface area contributed by atoms with E-state index in [-0.39, 0.29) is 0 Å². The molecule has 206 valence electrons. The maximum absolute atomic E-state index is 6.31. The van der Waals surface area contributed by atoms with Crippen molar-refractivity contribution in [3.63, 3.8) is 0 Å². The van der Waals surface area contributed by atoms with Gasteiger partial charge in [0, 0.05) is 40.0 Å². The molecule has 0 radical (unpaired) electrons. The van der Waals surface area contributed by atoms with Crippen molar-refractivity contribution in [2.45, 2.75) is 13.3 Å². The summed E-state index contributed by atoms with van der Waals surface area (Å²) in [5.74, 6) is 0.866. The lowest BCUT2D eigenvalue weighted by molar-refractivity contribution is 0.605. The Morgan fingerprint density at radius 1 is 0.837 bits per heavy atom. The van der Waals surface area contributed by atoms with Crippen LogP contribution >= 0.6 is 0 Å². The van der Waals surface area contributed by atoms with Crippen molar-refractivity contribution < 1.29 is 4.42 Å². The number of anilines is 2. The van der Waals surface area contributed by atoms with Gasteiger partial charge >= 0.3 is 0 Å². The lowest BCUT2D eigenvalue weighted by Crippen LogP contribution is -2.12. The highest BCUT2D eigenvalue weighted by Gasteiger charge is 2.20. The van der Waals surface area contributed by atoms with E-state index in [0.29, 0.717) is 0 Å². The minimum atomic E-state index is 0.866. The van der Waals surface area contributed by atoms with E-state index in [2.05, 4.69) is 139 Å². The highest BCUT2D eigenvalue weighted by Crippen LogP contribution is 2.41. The van der Waals surface area contributed by atoms with Gasteiger partial charge in [0.15, 0.2) is 0 Å². The van der Waals surface area contributed by atoms with Gasteiger partial charge in [-0.15, -0.1) is 5.73 Å². The Bertz CT molecular complexity index is 2040. The van der Waals surface area contributed by atoms with E-state index in [4.69, 9.17) is 4.42 Å². The average molecular weight is 554 g/mol. The molecule has 2 nitrogen and oxygen atoms in total. The fraction of sp³-hybridized carbons (Fsp3) is 0.0488. The Kier molecular flexibility index (Phi) is 6.97. The van der Waals surface area contributed by atoms with Crippen LogP contribution in [0.4, 0.5) is 11.4 Å². The summed E-state index contributed by atoms with van der Waals surface area (Å²) in [6.45, 7) is 6.55. The van der Waals surface area contributed by atoms with Crippen LogP contribution in [0.2, 0.25) is 0 Å². The van der Waals surface area contributed by atoms with Gasteiger partial charge in [0.25, 0.3) is 0 Å². The molecule has 2 heteroatoms. The highest BCUT2D eigenvalue weighted by molar-refractivity contribution is 6.01. The molecule has 0 saturated carbocycles. The van der Waals surface area contributed by atoms with Crippen LogP contribution in [0.3, 0.4) is 0 Å². The molecule has 2 aliphatic rings. The molecule has 0 bridgehead atoms. The van der Waals surface area contributed by atoms with Crippen LogP contribution in [0.1, 0.15) is 34.9 Å². The Hall–Kier alpha value is -5.56. The molecular weight excluding hydrogens is 522 g/mol. The van der Waals surface area contributed by atoms with Crippen molar-refractivity contribution in [3.05, 3.63) is 180 Å². The van der Waals surface area contributed by atoms with Gasteiger partial charge in [-0.25, -0.2) is 0 Å². The normalized spacial score (nSPS) is 16.0. The molecule has 0 fully saturated rings. The van der Waals surface area contributed by atoms with Gasteiger partial charge in [0.2, 0.25) is 0 Å². The van der Waals surface area contributed by atoms with Crippen molar-refractivity contribution in [2.24, 2.45) is 0 Å². The number of benzene rings is 4. The summed E-state index contributed by atoms with van der Waals surface area (Å²) in [7, 11) is 0. The van der Waals surface area contributed by atoms with E-state index < -0.39 is 0 Å². The number of allylic oxidation sites excluding steroid dienone is 8. The van der Waals surface area contributed by atoms with E-state index in [1.165, 1.54) is 11.1 Å². The molecule has 1 aliphatic carbocycles. The summed E-state index contributed by atoms with van der Waals surface area (Å²) in [6.07, 6.45) is 19.5. The first-order valence-corrected chi connectivity index (χ1v) is 14.6. The van der Waals surface area contributed by atoms with Gasteiger partial charge in [-0.05, 0) is 83.7 Å². The third-order valence-electron chi connectivity index (χ3n) is 7.95. The van der Waals surface area contributed by atoms with E-state index in [1.807, 2.05) is 31.2 Å². The summed E-state index contributed by atoms with van der Waals surface area (Å²) < 4.78 is 6.31. The zero-order chi connectivity index (χ0) is 29.2. The minimum absolute atomic E-state index is 0.866. The van der Waals surface area contributed by atoms with Crippen LogP contribution in [0, 0.1) is 0 Å². The number of hydrogen-bond donors (Lipinski definition) is 0. The molecule has 7 rings (SSSR count). The summed E-state index contributed by atoms with van der Waals surface area (Å²) in [6, 6.07) is 32.4. The first kappa shape index (κ1) is 26.3. The number of fused-ring (bicyclic) bond motifs is 4. The third-order valence-corrected chi connectivity index (χ3v) is 7.95. The Balaban J connectivity index is 1.31. The largest absolute Gasteiger partial charge is 0.455 e.